The summed E-state index contributed by atoms with van der Waals surface area (Å²) in [5.74, 6) is 0. The highest BCUT2D eigenvalue weighted by Gasteiger charge is 2.42. The van der Waals surface area contributed by atoms with Gasteiger partial charge in [-0.3, -0.25) is 0 Å². The lowest BCUT2D eigenvalue weighted by atomic mass is 10.4. The average Bonchev–Trinajstić information content (AvgIpc) is 2.50. The Morgan fingerprint density at radius 2 is 1.00 bits per heavy atom. The van der Waals surface area contributed by atoms with E-state index in [-0.39, 0.29) is 0 Å². The highest BCUT2D eigenvalue weighted by atomic mass is 28.4. The number of hydrogen-bond donors (Lipinski definition) is 0. The number of unbranched alkanes of at least 4 members (excludes halogenated alkanes) is 2. The molecular weight excluding hydrogens is 308 g/mol. The molecule has 0 saturated heterocycles. The molecule has 0 unspecified atom stereocenters. The van der Waals surface area contributed by atoms with Crippen LogP contribution in [0.3, 0.4) is 0 Å². The molecule has 0 amide bonds. The minimum atomic E-state index is -2.45. The zero-order valence-electron chi connectivity index (χ0n) is 16.0. The molecule has 0 aromatic heterocycles. The zero-order valence-corrected chi connectivity index (χ0v) is 18.0. The van der Waals surface area contributed by atoms with Gasteiger partial charge in [-0.1, -0.05) is 64.2 Å². The first-order valence-corrected chi connectivity index (χ1v) is 14.5. The molecule has 5 heteroatoms. The summed E-state index contributed by atoms with van der Waals surface area (Å²) in [6.07, 6.45) is 5.36. The maximum absolute atomic E-state index is 6.03. The minimum absolute atomic E-state index is 0.689. The summed E-state index contributed by atoms with van der Waals surface area (Å²) < 4.78 is 18.1. The quantitative estimate of drug-likeness (QED) is 0.355. The Morgan fingerprint density at radius 3 is 1.32 bits per heavy atom. The summed E-state index contributed by atoms with van der Waals surface area (Å²) in [5.41, 5.74) is 0. The summed E-state index contributed by atoms with van der Waals surface area (Å²) in [6, 6.07) is 5.19. The van der Waals surface area contributed by atoms with Gasteiger partial charge < -0.3 is 13.3 Å². The molecule has 0 rings (SSSR count). The van der Waals surface area contributed by atoms with Gasteiger partial charge in [0.05, 0.1) is 8.07 Å². The first-order chi connectivity index (χ1) is 10.5. The van der Waals surface area contributed by atoms with Gasteiger partial charge in [-0.25, -0.2) is 0 Å². The van der Waals surface area contributed by atoms with E-state index >= 15 is 0 Å². The van der Waals surface area contributed by atoms with Crippen molar-refractivity contribution in [2.45, 2.75) is 91.0 Å². The van der Waals surface area contributed by atoms with Crippen molar-refractivity contribution in [1.82, 2.24) is 0 Å². The van der Waals surface area contributed by atoms with Gasteiger partial charge in [0.2, 0.25) is 0 Å². The fourth-order valence-corrected chi connectivity index (χ4v) is 11.8. The minimum Gasteiger partial charge on any atom is -0.374 e. The third-order valence-corrected chi connectivity index (χ3v) is 12.5. The van der Waals surface area contributed by atoms with E-state index in [1.54, 1.807) is 0 Å². The van der Waals surface area contributed by atoms with Crippen LogP contribution in [0.4, 0.5) is 0 Å². The monoisotopic (exact) mass is 348 g/mol. The normalized spacial score (nSPS) is 12.8. The molecule has 0 heterocycles. The second kappa shape index (κ2) is 12.7. The van der Waals surface area contributed by atoms with Gasteiger partial charge in [0.1, 0.15) is 0 Å². The third-order valence-electron chi connectivity index (χ3n) is 4.40. The summed E-state index contributed by atoms with van der Waals surface area (Å²) in [4.78, 5) is 0. The van der Waals surface area contributed by atoms with Crippen LogP contribution in [-0.2, 0) is 13.3 Å². The Balaban J connectivity index is 4.82. The lowest BCUT2D eigenvalue weighted by molar-refractivity contribution is 0.0724. The molecule has 0 atom stereocenters. The van der Waals surface area contributed by atoms with Crippen molar-refractivity contribution in [2.24, 2.45) is 0 Å². The standard InChI is InChI=1S/C17H40O3Si2/c1-7-12-14-21(6,15-13-8-2)16-17-22(18-9-3,19-10-4)20-11-5/h7-17H2,1-6H3. The van der Waals surface area contributed by atoms with Gasteiger partial charge in [0, 0.05) is 25.9 Å². The van der Waals surface area contributed by atoms with E-state index in [1.807, 2.05) is 20.8 Å². The van der Waals surface area contributed by atoms with Gasteiger partial charge >= 0.3 is 8.80 Å². The van der Waals surface area contributed by atoms with Crippen molar-refractivity contribution in [3.63, 3.8) is 0 Å². The molecule has 22 heavy (non-hydrogen) atoms. The Labute approximate surface area is 141 Å². The lowest BCUT2D eigenvalue weighted by Crippen LogP contribution is -2.47. The van der Waals surface area contributed by atoms with Gasteiger partial charge in [-0.2, -0.15) is 0 Å². The number of rotatable bonds is 15. The van der Waals surface area contributed by atoms with Crippen LogP contribution >= 0.6 is 0 Å². The molecule has 0 radical (unpaired) electrons. The van der Waals surface area contributed by atoms with Crippen molar-refractivity contribution in [2.75, 3.05) is 19.8 Å². The molecule has 0 spiro atoms. The first kappa shape index (κ1) is 22.3. The number of hydrogen-bond acceptors (Lipinski definition) is 3. The van der Waals surface area contributed by atoms with Crippen LogP contribution in [0.1, 0.15) is 60.3 Å². The van der Waals surface area contributed by atoms with Crippen LogP contribution in [0.2, 0.25) is 30.7 Å². The van der Waals surface area contributed by atoms with E-state index < -0.39 is 16.9 Å². The molecule has 0 bridgehead atoms. The topological polar surface area (TPSA) is 27.7 Å². The Morgan fingerprint density at radius 1 is 0.591 bits per heavy atom. The highest BCUT2D eigenvalue weighted by molar-refractivity contribution is 6.80. The van der Waals surface area contributed by atoms with Crippen molar-refractivity contribution in [1.29, 1.82) is 0 Å². The Kier molecular flexibility index (Phi) is 12.9. The fraction of sp³-hybridized carbons (Fsp3) is 1.00. The second-order valence-electron chi connectivity index (χ2n) is 6.50. The van der Waals surface area contributed by atoms with Crippen molar-refractivity contribution in [3.05, 3.63) is 0 Å². The molecule has 0 saturated carbocycles. The smallest absolute Gasteiger partial charge is 0.374 e. The van der Waals surface area contributed by atoms with Crippen LogP contribution in [0.25, 0.3) is 0 Å². The molecular formula is C17H40O3Si2. The third kappa shape index (κ3) is 8.82. The van der Waals surface area contributed by atoms with Gasteiger partial charge in [0.25, 0.3) is 0 Å². The van der Waals surface area contributed by atoms with Gasteiger partial charge in [0.15, 0.2) is 0 Å². The SMILES string of the molecule is CCCC[Si](C)(CCCC)CC[Si](OCC)(OCC)OCC. The molecule has 0 aromatic rings. The zero-order chi connectivity index (χ0) is 16.9. The summed E-state index contributed by atoms with van der Waals surface area (Å²) >= 11 is 0. The van der Waals surface area contributed by atoms with E-state index in [0.29, 0.717) is 19.8 Å². The van der Waals surface area contributed by atoms with E-state index in [4.69, 9.17) is 13.3 Å². The van der Waals surface area contributed by atoms with Crippen molar-refractivity contribution < 1.29 is 13.3 Å². The molecule has 0 aliphatic heterocycles. The summed E-state index contributed by atoms with van der Waals surface area (Å²) in [5, 5.41) is 0. The highest BCUT2D eigenvalue weighted by Crippen LogP contribution is 2.31. The predicted octanol–water partition coefficient (Wildman–Crippen LogP) is 5.71. The average molecular weight is 349 g/mol. The fourth-order valence-electron chi connectivity index (χ4n) is 3.04. The molecule has 0 aliphatic rings. The van der Waals surface area contributed by atoms with E-state index in [0.717, 1.165) is 6.04 Å². The van der Waals surface area contributed by atoms with Crippen LogP contribution in [0, 0.1) is 0 Å². The van der Waals surface area contributed by atoms with Crippen LogP contribution < -0.4 is 0 Å². The molecule has 3 nitrogen and oxygen atoms in total. The molecule has 134 valence electrons. The van der Waals surface area contributed by atoms with Crippen molar-refractivity contribution >= 4 is 16.9 Å². The summed E-state index contributed by atoms with van der Waals surface area (Å²) in [6.45, 7) is 15.4. The maximum Gasteiger partial charge on any atom is 0.500 e. The Hall–Kier alpha value is 0.314. The van der Waals surface area contributed by atoms with E-state index in [1.165, 1.54) is 43.8 Å². The summed E-state index contributed by atoms with van der Waals surface area (Å²) in [7, 11) is -3.64. The van der Waals surface area contributed by atoms with Crippen LogP contribution in [-0.4, -0.2) is 36.7 Å². The molecule has 0 aliphatic carbocycles. The molecule has 0 N–H and O–H groups in total. The van der Waals surface area contributed by atoms with Gasteiger partial charge in [-0.15, -0.1) is 0 Å². The van der Waals surface area contributed by atoms with E-state index in [9.17, 15) is 0 Å². The predicted molar refractivity (Wildman–Crippen MR) is 101 cm³/mol. The van der Waals surface area contributed by atoms with Crippen molar-refractivity contribution in [3.8, 4) is 0 Å². The van der Waals surface area contributed by atoms with Crippen LogP contribution in [0.15, 0.2) is 0 Å². The second-order valence-corrected chi connectivity index (χ2v) is 14.4. The first-order valence-electron chi connectivity index (χ1n) is 9.43. The van der Waals surface area contributed by atoms with Crippen LogP contribution in [0.5, 0.6) is 0 Å². The Bertz CT molecular complexity index is 237. The van der Waals surface area contributed by atoms with E-state index in [2.05, 4.69) is 20.4 Å². The lowest BCUT2D eigenvalue weighted by Gasteiger charge is -2.33. The van der Waals surface area contributed by atoms with Gasteiger partial charge in [-0.05, 0) is 20.8 Å². The maximum atomic E-state index is 6.03. The largest absolute Gasteiger partial charge is 0.500 e. The molecule has 0 aromatic carbocycles. The molecule has 0 fully saturated rings.